The number of hydrogen-bond donors (Lipinski definition) is 1. The molecule has 2 aromatic rings. The molecule has 0 heterocycles. The first kappa shape index (κ1) is 14.8. The molecule has 21 heavy (non-hydrogen) atoms. The fourth-order valence-electron chi connectivity index (χ4n) is 2.03. The molecule has 0 unspecified atom stereocenters. The van der Waals surface area contributed by atoms with Gasteiger partial charge < -0.3 is 10.0 Å². The Bertz CT molecular complexity index is 678. The fourth-order valence-corrected chi connectivity index (χ4v) is 2.03. The van der Waals surface area contributed by atoms with Gasteiger partial charge in [0.25, 0.3) is 0 Å². The third-order valence-electron chi connectivity index (χ3n) is 3.18. The molecule has 0 saturated carbocycles. The van der Waals surface area contributed by atoms with Crippen LogP contribution in [0.15, 0.2) is 48.5 Å². The van der Waals surface area contributed by atoms with E-state index in [1.807, 2.05) is 43.1 Å². The summed E-state index contributed by atoms with van der Waals surface area (Å²) in [7, 11) is 1.86. The number of anilines is 2. The van der Waals surface area contributed by atoms with Crippen LogP contribution in [0.3, 0.4) is 0 Å². The van der Waals surface area contributed by atoms with Crippen molar-refractivity contribution in [3.8, 4) is 0 Å². The normalized spacial score (nSPS) is 10.8. The molecule has 0 bridgehead atoms. The van der Waals surface area contributed by atoms with Gasteiger partial charge in [-0.2, -0.15) is 0 Å². The standard InChI is InChI=1S/C17H16FNO2/c1-12-3-7-15(8-4-12)19(2)16-9-6-14(18)11-13(16)5-10-17(20)21/h3-11H,1-2H3,(H,20,21). The first-order valence-corrected chi connectivity index (χ1v) is 6.48. The van der Waals surface area contributed by atoms with Gasteiger partial charge in [0.2, 0.25) is 0 Å². The summed E-state index contributed by atoms with van der Waals surface area (Å²) >= 11 is 0. The zero-order chi connectivity index (χ0) is 15.4. The lowest BCUT2D eigenvalue weighted by atomic mass is 10.1. The summed E-state index contributed by atoms with van der Waals surface area (Å²) in [5.41, 5.74) is 3.34. The lowest BCUT2D eigenvalue weighted by Crippen LogP contribution is -2.11. The van der Waals surface area contributed by atoms with Gasteiger partial charge in [0.1, 0.15) is 5.82 Å². The first-order valence-electron chi connectivity index (χ1n) is 6.48. The van der Waals surface area contributed by atoms with E-state index in [0.29, 0.717) is 5.56 Å². The van der Waals surface area contributed by atoms with E-state index in [0.717, 1.165) is 23.0 Å². The Morgan fingerprint density at radius 1 is 1.19 bits per heavy atom. The maximum atomic E-state index is 13.4. The molecule has 0 aromatic heterocycles. The number of benzene rings is 2. The minimum absolute atomic E-state index is 0.402. The molecule has 0 aliphatic rings. The fraction of sp³-hybridized carbons (Fsp3) is 0.118. The number of carboxylic acids is 1. The van der Waals surface area contributed by atoms with E-state index in [1.165, 1.54) is 18.2 Å². The molecule has 0 aliphatic heterocycles. The van der Waals surface area contributed by atoms with Crippen LogP contribution in [-0.4, -0.2) is 18.1 Å². The molecule has 4 heteroatoms. The van der Waals surface area contributed by atoms with Gasteiger partial charge in [-0.1, -0.05) is 17.7 Å². The average Bonchev–Trinajstić information content (AvgIpc) is 2.45. The van der Waals surface area contributed by atoms with Crippen molar-refractivity contribution < 1.29 is 14.3 Å². The van der Waals surface area contributed by atoms with Gasteiger partial charge >= 0.3 is 5.97 Å². The van der Waals surface area contributed by atoms with Gasteiger partial charge in [-0.25, -0.2) is 9.18 Å². The van der Waals surface area contributed by atoms with Gasteiger partial charge in [-0.15, -0.1) is 0 Å². The largest absolute Gasteiger partial charge is 0.478 e. The van der Waals surface area contributed by atoms with Gasteiger partial charge in [-0.05, 0) is 43.3 Å². The zero-order valence-corrected chi connectivity index (χ0v) is 11.9. The van der Waals surface area contributed by atoms with Crippen LogP contribution in [-0.2, 0) is 4.79 Å². The van der Waals surface area contributed by atoms with Crippen molar-refractivity contribution in [3.05, 3.63) is 65.5 Å². The molecule has 0 spiro atoms. The highest BCUT2D eigenvalue weighted by Gasteiger charge is 2.09. The monoisotopic (exact) mass is 285 g/mol. The maximum absolute atomic E-state index is 13.4. The molecular formula is C17H16FNO2. The lowest BCUT2D eigenvalue weighted by molar-refractivity contribution is -0.131. The smallest absolute Gasteiger partial charge is 0.328 e. The number of halogens is 1. The van der Waals surface area contributed by atoms with Crippen LogP contribution >= 0.6 is 0 Å². The second-order valence-electron chi connectivity index (χ2n) is 4.77. The van der Waals surface area contributed by atoms with E-state index in [1.54, 1.807) is 6.07 Å². The molecule has 0 fully saturated rings. The minimum Gasteiger partial charge on any atom is -0.478 e. The highest BCUT2D eigenvalue weighted by atomic mass is 19.1. The van der Waals surface area contributed by atoms with E-state index in [4.69, 9.17) is 5.11 Å². The minimum atomic E-state index is -1.07. The van der Waals surface area contributed by atoms with Crippen molar-refractivity contribution in [1.82, 2.24) is 0 Å². The molecule has 1 N–H and O–H groups in total. The Kier molecular flexibility index (Phi) is 4.38. The maximum Gasteiger partial charge on any atom is 0.328 e. The second kappa shape index (κ2) is 6.22. The highest BCUT2D eigenvalue weighted by Crippen LogP contribution is 2.28. The molecule has 108 valence electrons. The number of carboxylic acid groups (broad SMARTS) is 1. The van der Waals surface area contributed by atoms with E-state index in [9.17, 15) is 9.18 Å². The van der Waals surface area contributed by atoms with E-state index < -0.39 is 11.8 Å². The Morgan fingerprint density at radius 2 is 1.86 bits per heavy atom. The van der Waals surface area contributed by atoms with Crippen LogP contribution in [0.2, 0.25) is 0 Å². The molecule has 2 rings (SSSR count). The second-order valence-corrected chi connectivity index (χ2v) is 4.77. The van der Waals surface area contributed by atoms with Crippen LogP contribution in [0.1, 0.15) is 11.1 Å². The predicted molar refractivity (Wildman–Crippen MR) is 82.3 cm³/mol. The summed E-state index contributed by atoms with van der Waals surface area (Å²) < 4.78 is 13.4. The first-order chi connectivity index (χ1) is 9.97. The Hall–Kier alpha value is -2.62. The molecule has 0 radical (unpaired) electrons. The zero-order valence-electron chi connectivity index (χ0n) is 11.9. The molecule has 3 nitrogen and oxygen atoms in total. The van der Waals surface area contributed by atoms with Gasteiger partial charge in [0.15, 0.2) is 0 Å². The third kappa shape index (κ3) is 3.69. The number of nitrogens with zero attached hydrogens (tertiary/aromatic N) is 1. The number of aryl methyl sites for hydroxylation is 1. The number of rotatable bonds is 4. The summed E-state index contributed by atoms with van der Waals surface area (Å²) in [6, 6.07) is 12.2. The topological polar surface area (TPSA) is 40.5 Å². The molecule has 0 saturated heterocycles. The van der Waals surface area contributed by atoms with Crippen molar-refractivity contribution in [3.63, 3.8) is 0 Å². The number of carbonyl (C=O) groups is 1. The van der Waals surface area contributed by atoms with Crippen LogP contribution in [0.5, 0.6) is 0 Å². The molecule has 0 atom stereocenters. The van der Waals surface area contributed by atoms with E-state index in [-0.39, 0.29) is 0 Å². The van der Waals surface area contributed by atoms with Crippen molar-refractivity contribution >= 4 is 23.4 Å². The number of hydrogen-bond acceptors (Lipinski definition) is 2. The Balaban J connectivity index is 2.42. The van der Waals surface area contributed by atoms with Gasteiger partial charge in [0, 0.05) is 30.1 Å². The average molecular weight is 285 g/mol. The van der Waals surface area contributed by atoms with Crippen molar-refractivity contribution in [2.75, 3.05) is 11.9 Å². The third-order valence-corrected chi connectivity index (χ3v) is 3.18. The van der Waals surface area contributed by atoms with Gasteiger partial charge in [0.05, 0.1) is 0 Å². The van der Waals surface area contributed by atoms with Crippen LogP contribution in [0, 0.1) is 12.7 Å². The van der Waals surface area contributed by atoms with Gasteiger partial charge in [-0.3, -0.25) is 0 Å². The lowest BCUT2D eigenvalue weighted by Gasteiger charge is -2.22. The molecule has 0 amide bonds. The van der Waals surface area contributed by atoms with E-state index >= 15 is 0 Å². The predicted octanol–water partition coefficient (Wildman–Crippen LogP) is 4.00. The molecule has 0 aliphatic carbocycles. The summed E-state index contributed by atoms with van der Waals surface area (Å²) in [4.78, 5) is 12.5. The van der Waals surface area contributed by atoms with Crippen LogP contribution < -0.4 is 4.90 Å². The van der Waals surface area contributed by atoms with Crippen LogP contribution in [0.25, 0.3) is 6.08 Å². The summed E-state index contributed by atoms with van der Waals surface area (Å²) in [6.45, 7) is 2.00. The summed E-state index contributed by atoms with van der Waals surface area (Å²) in [5.74, 6) is -1.47. The van der Waals surface area contributed by atoms with Crippen LogP contribution in [0.4, 0.5) is 15.8 Å². The summed E-state index contributed by atoms with van der Waals surface area (Å²) in [5, 5.41) is 8.73. The quantitative estimate of drug-likeness (QED) is 0.863. The van der Waals surface area contributed by atoms with Crippen molar-refractivity contribution in [2.45, 2.75) is 6.92 Å². The van der Waals surface area contributed by atoms with Crippen molar-refractivity contribution in [1.29, 1.82) is 0 Å². The Labute approximate surface area is 123 Å². The highest BCUT2D eigenvalue weighted by molar-refractivity contribution is 5.87. The molecular weight excluding hydrogens is 269 g/mol. The Morgan fingerprint density at radius 3 is 2.48 bits per heavy atom. The molecule has 2 aromatic carbocycles. The number of aliphatic carboxylic acids is 1. The van der Waals surface area contributed by atoms with Crippen molar-refractivity contribution in [2.24, 2.45) is 0 Å². The SMILES string of the molecule is Cc1ccc(N(C)c2ccc(F)cc2C=CC(=O)O)cc1. The summed E-state index contributed by atoms with van der Waals surface area (Å²) in [6.07, 6.45) is 2.40. The van der Waals surface area contributed by atoms with E-state index in [2.05, 4.69) is 0 Å².